The molecule has 13 nitrogen and oxygen atoms in total. The summed E-state index contributed by atoms with van der Waals surface area (Å²) < 4.78 is 40.8. The molecule has 1 saturated heterocycles. The van der Waals surface area contributed by atoms with E-state index >= 15 is 0 Å². The van der Waals surface area contributed by atoms with E-state index in [2.05, 4.69) is 30.8 Å². The Hall–Kier alpha value is -4.26. The van der Waals surface area contributed by atoms with Gasteiger partial charge in [0, 0.05) is 76.1 Å². The van der Waals surface area contributed by atoms with Crippen LogP contribution in [-0.2, 0) is 35.4 Å². The molecular formula is C28H34F3N9O4. The fourth-order valence-electron chi connectivity index (χ4n) is 4.78. The third-order valence-corrected chi connectivity index (χ3v) is 6.93. The molecule has 0 aromatic carbocycles. The summed E-state index contributed by atoms with van der Waals surface area (Å²) in [5, 5.41) is 22.4. The molecule has 0 saturated carbocycles. The van der Waals surface area contributed by atoms with Crippen LogP contribution in [0.1, 0.15) is 28.3 Å². The highest BCUT2D eigenvalue weighted by Gasteiger charge is 2.32. The van der Waals surface area contributed by atoms with Gasteiger partial charge in [-0.2, -0.15) is 13.2 Å². The maximum absolute atomic E-state index is 13.6. The fraction of sp³-hybridized carbons (Fsp3) is 0.500. The van der Waals surface area contributed by atoms with Gasteiger partial charge < -0.3 is 10.2 Å². The molecule has 1 aliphatic rings. The summed E-state index contributed by atoms with van der Waals surface area (Å²) >= 11 is 0. The number of pyridine rings is 2. The number of nitrogens with zero attached hydrogens (tertiary/aromatic N) is 9. The Morgan fingerprint density at radius 2 is 1.36 bits per heavy atom. The summed E-state index contributed by atoms with van der Waals surface area (Å²) in [6.07, 6.45) is 0.836. The van der Waals surface area contributed by atoms with Crippen LogP contribution in [0.3, 0.4) is 0 Å². The average Bonchev–Trinajstić information content (AvgIpc) is 2.96. The predicted molar refractivity (Wildman–Crippen MR) is 153 cm³/mol. The van der Waals surface area contributed by atoms with Crippen molar-refractivity contribution in [2.24, 2.45) is 5.11 Å². The fourth-order valence-corrected chi connectivity index (χ4v) is 4.78. The Balaban J connectivity index is 1.85. The smallest absolute Gasteiger partial charge is 0.416 e. The number of carbonyl (C=O) groups is 2. The molecule has 44 heavy (non-hydrogen) atoms. The molecule has 2 N–H and O–H groups in total. The molecule has 0 unspecified atom stereocenters. The Labute approximate surface area is 252 Å². The minimum atomic E-state index is -4.65. The highest BCUT2D eigenvalue weighted by molar-refractivity contribution is 5.69. The van der Waals surface area contributed by atoms with Crippen molar-refractivity contribution >= 4 is 11.9 Å². The second-order valence-electron chi connectivity index (χ2n) is 10.3. The van der Waals surface area contributed by atoms with E-state index in [9.17, 15) is 33.0 Å². The summed E-state index contributed by atoms with van der Waals surface area (Å²) in [5.41, 5.74) is 8.95. The molecule has 236 valence electrons. The number of rotatable bonds is 10. The van der Waals surface area contributed by atoms with Gasteiger partial charge in [-0.25, -0.2) is 4.98 Å². The lowest BCUT2D eigenvalue weighted by atomic mass is 10.1. The number of azide groups is 1. The van der Waals surface area contributed by atoms with Crippen molar-refractivity contribution in [3.63, 3.8) is 0 Å². The van der Waals surface area contributed by atoms with Crippen LogP contribution in [0.2, 0.25) is 0 Å². The number of aromatic nitrogens is 2. The van der Waals surface area contributed by atoms with Gasteiger partial charge in [0.1, 0.15) is 5.69 Å². The van der Waals surface area contributed by atoms with Crippen molar-refractivity contribution in [1.82, 2.24) is 29.6 Å². The summed E-state index contributed by atoms with van der Waals surface area (Å²) in [6.45, 7) is 2.34. The van der Waals surface area contributed by atoms with Crippen molar-refractivity contribution in [3.8, 4) is 12.3 Å². The summed E-state index contributed by atoms with van der Waals surface area (Å²) in [4.78, 5) is 42.0. The minimum Gasteiger partial charge on any atom is -0.480 e. The van der Waals surface area contributed by atoms with E-state index in [0.717, 1.165) is 17.8 Å². The highest BCUT2D eigenvalue weighted by Crippen LogP contribution is 2.30. The summed E-state index contributed by atoms with van der Waals surface area (Å²) in [7, 11) is 0. The van der Waals surface area contributed by atoms with E-state index in [-0.39, 0.29) is 63.7 Å². The van der Waals surface area contributed by atoms with Crippen LogP contribution in [0, 0.1) is 12.3 Å². The number of halogens is 3. The van der Waals surface area contributed by atoms with Gasteiger partial charge in [0.05, 0.1) is 36.6 Å². The first-order valence-corrected chi connectivity index (χ1v) is 13.8. The number of carboxylic acid groups (broad SMARTS) is 2. The van der Waals surface area contributed by atoms with Crippen molar-refractivity contribution < 1.29 is 33.0 Å². The molecule has 0 bridgehead atoms. The number of terminal acetylenes is 1. The Morgan fingerprint density at radius 1 is 0.864 bits per heavy atom. The van der Waals surface area contributed by atoms with Gasteiger partial charge >= 0.3 is 18.1 Å². The van der Waals surface area contributed by atoms with Crippen molar-refractivity contribution in [2.75, 3.05) is 65.4 Å². The van der Waals surface area contributed by atoms with Crippen molar-refractivity contribution in [2.45, 2.75) is 25.8 Å². The quantitative estimate of drug-likeness (QED) is 0.175. The van der Waals surface area contributed by atoms with Crippen LogP contribution in [0.25, 0.3) is 10.4 Å². The van der Waals surface area contributed by atoms with Crippen molar-refractivity contribution in [3.05, 3.63) is 69.1 Å². The first-order valence-electron chi connectivity index (χ1n) is 13.8. The molecule has 1 aliphatic heterocycles. The van der Waals surface area contributed by atoms with Crippen LogP contribution in [-0.4, -0.2) is 117 Å². The molecule has 0 atom stereocenters. The first kappa shape index (κ1) is 34.2. The van der Waals surface area contributed by atoms with Crippen LogP contribution >= 0.6 is 0 Å². The second kappa shape index (κ2) is 16.6. The average molecular weight is 618 g/mol. The molecule has 0 spiro atoms. The van der Waals surface area contributed by atoms with Crippen molar-refractivity contribution in [1.29, 1.82) is 0 Å². The van der Waals surface area contributed by atoms with Gasteiger partial charge in [0.15, 0.2) is 0 Å². The monoisotopic (exact) mass is 617 g/mol. The highest BCUT2D eigenvalue weighted by atomic mass is 19.4. The normalized spacial score (nSPS) is 16.7. The third kappa shape index (κ3) is 11.8. The van der Waals surface area contributed by atoms with Gasteiger partial charge in [0.25, 0.3) is 0 Å². The number of carboxylic acids is 2. The minimum absolute atomic E-state index is 0.0156. The maximum atomic E-state index is 13.6. The van der Waals surface area contributed by atoms with Gasteiger partial charge in [-0.05, 0) is 29.8 Å². The van der Waals surface area contributed by atoms with E-state index in [1.165, 1.54) is 0 Å². The molecular weight excluding hydrogens is 583 g/mol. The molecule has 3 heterocycles. The molecule has 16 heteroatoms. The van der Waals surface area contributed by atoms with Gasteiger partial charge in [-0.1, -0.05) is 17.1 Å². The zero-order valence-corrected chi connectivity index (χ0v) is 24.0. The summed E-state index contributed by atoms with van der Waals surface area (Å²) in [6, 6.07) is 7.11. The van der Waals surface area contributed by atoms with E-state index in [0.29, 0.717) is 38.4 Å². The zero-order chi connectivity index (χ0) is 32.1. The standard InChI is InChI=1S/C28H34F3N9O4/c1-2-22-4-3-5-23(34-22)17-37-6-10-39(19-26(41)42)12-8-38(9-13-40(11-7-37)20-27(43)44)18-25-15-21(28(29,30)31)14-24(35-25)16-33-36-32/h1,3-5,14-15H,6-13,16-20H2,(H,41,42)(H,43,44). The van der Waals surface area contributed by atoms with E-state index in [1.54, 1.807) is 21.9 Å². The number of aliphatic carboxylic acids is 2. The maximum Gasteiger partial charge on any atom is 0.416 e. The number of hydrogen-bond donors (Lipinski definition) is 2. The molecule has 0 amide bonds. The van der Waals surface area contributed by atoms with Gasteiger partial charge in [0.2, 0.25) is 0 Å². The third-order valence-electron chi connectivity index (χ3n) is 6.93. The Bertz CT molecular complexity index is 1350. The molecule has 0 aliphatic carbocycles. The van der Waals surface area contributed by atoms with Crippen LogP contribution in [0.4, 0.5) is 13.2 Å². The van der Waals surface area contributed by atoms with E-state index in [1.807, 2.05) is 11.0 Å². The zero-order valence-electron chi connectivity index (χ0n) is 24.0. The molecule has 2 aromatic heterocycles. The molecule has 3 rings (SSSR count). The topological polar surface area (TPSA) is 162 Å². The number of hydrogen-bond acceptors (Lipinski definition) is 9. The largest absolute Gasteiger partial charge is 0.480 e. The van der Waals surface area contributed by atoms with Crippen LogP contribution in [0.5, 0.6) is 0 Å². The van der Waals surface area contributed by atoms with Crippen LogP contribution < -0.4 is 0 Å². The molecule has 2 aromatic rings. The SMILES string of the molecule is C#Cc1cccc(CN2CCN(CC(=O)O)CCN(Cc3cc(C(F)(F)F)cc(CN=[N+]=[N-])n3)CCN(CC(=O)O)CC2)n1. The summed E-state index contributed by atoms with van der Waals surface area (Å²) in [5.74, 6) is 0.461. The Morgan fingerprint density at radius 3 is 1.84 bits per heavy atom. The van der Waals surface area contributed by atoms with E-state index in [4.69, 9.17) is 12.0 Å². The van der Waals surface area contributed by atoms with E-state index < -0.39 is 23.7 Å². The number of alkyl halides is 3. The lowest BCUT2D eigenvalue weighted by Gasteiger charge is -2.33. The van der Waals surface area contributed by atoms with Gasteiger partial charge in [-0.3, -0.25) is 34.2 Å². The Kier molecular flexibility index (Phi) is 12.9. The lowest BCUT2D eigenvalue weighted by molar-refractivity contribution is -0.139. The molecule has 1 fully saturated rings. The molecule has 0 radical (unpaired) electrons. The first-order chi connectivity index (χ1) is 20.9. The predicted octanol–water partition coefficient (Wildman–Crippen LogP) is 2.38. The lowest BCUT2D eigenvalue weighted by Crippen LogP contribution is -2.47. The van der Waals surface area contributed by atoms with Gasteiger partial charge in [-0.15, -0.1) is 6.42 Å². The second-order valence-corrected chi connectivity index (χ2v) is 10.3. The van der Waals surface area contributed by atoms with Crippen LogP contribution in [0.15, 0.2) is 35.4 Å².